The highest BCUT2D eigenvalue weighted by Gasteiger charge is 2.41. The summed E-state index contributed by atoms with van der Waals surface area (Å²) in [5.74, 6) is 1.00. The van der Waals surface area contributed by atoms with Gasteiger partial charge in [-0.15, -0.1) is 0 Å². The Morgan fingerprint density at radius 3 is 2.67 bits per heavy atom. The van der Waals surface area contributed by atoms with E-state index in [4.69, 9.17) is 15.2 Å². The Balaban J connectivity index is 1.41. The summed E-state index contributed by atoms with van der Waals surface area (Å²) in [6.45, 7) is 11.1. The summed E-state index contributed by atoms with van der Waals surface area (Å²) in [5, 5.41) is 2.88. The number of fused-ring (bicyclic) bond motifs is 1. The largest absolute Gasteiger partial charge is 0.487 e. The first-order valence-corrected chi connectivity index (χ1v) is 12.0. The van der Waals surface area contributed by atoms with Crippen LogP contribution in [-0.4, -0.2) is 67.5 Å². The van der Waals surface area contributed by atoms with E-state index in [9.17, 15) is 4.79 Å². The van der Waals surface area contributed by atoms with Crippen LogP contribution in [0.4, 0.5) is 4.79 Å². The molecule has 3 aliphatic heterocycles. The van der Waals surface area contributed by atoms with Crippen molar-refractivity contribution in [3.8, 4) is 5.75 Å². The minimum atomic E-state index is -0.130. The van der Waals surface area contributed by atoms with E-state index in [0.29, 0.717) is 38.7 Å². The number of amides is 2. The van der Waals surface area contributed by atoms with Gasteiger partial charge in [-0.25, -0.2) is 4.79 Å². The molecule has 3 aliphatic rings. The zero-order chi connectivity index (χ0) is 23.3. The van der Waals surface area contributed by atoms with Crippen LogP contribution in [-0.2, 0) is 11.2 Å². The molecular formula is C26H36N4O3. The fourth-order valence-corrected chi connectivity index (χ4v) is 4.75. The van der Waals surface area contributed by atoms with E-state index in [1.807, 2.05) is 12.2 Å². The van der Waals surface area contributed by atoms with Gasteiger partial charge in [0, 0.05) is 57.8 Å². The fraction of sp³-hybridized carbons (Fsp3) is 0.500. The van der Waals surface area contributed by atoms with Gasteiger partial charge in [0.1, 0.15) is 11.4 Å². The number of hydrogen-bond donors (Lipinski definition) is 2. The van der Waals surface area contributed by atoms with Gasteiger partial charge in [0.05, 0.1) is 13.2 Å². The van der Waals surface area contributed by atoms with Gasteiger partial charge in [0.2, 0.25) is 0 Å². The molecule has 3 N–H and O–H groups in total. The normalized spacial score (nSPS) is 20.7. The maximum atomic E-state index is 12.4. The van der Waals surface area contributed by atoms with E-state index in [1.165, 1.54) is 5.56 Å². The van der Waals surface area contributed by atoms with E-state index >= 15 is 0 Å². The molecule has 0 bridgehead atoms. The number of hydrogen-bond acceptors (Lipinski definition) is 5. The molecule has 4 rings (SSSR count). The lowest BCUT2D eigenvalue weighted by Gasteiger charge is -2.38. The summed E-state index contributed by atoms with van der Waals surface area (Å²) < 4.78 is 11.7. The number of ether oxygens (including phenoxy) is 2. The Morgan fingerprint density at radius 1 is 1.21 bits per heavy atom. The van der Waals surface area contributed by atoms with Gasteiger partial charge in [-0.3, -0.25) is 4.90 Å². The highest BCUT2D eigenvalue weighted by molar-refractivity contribution is 5.78. The van der Waals surface area contributed by atoms with Crippen molar-refractivity contribution in [1.82, 2.24) is 15.1 Å². The predicted molar refractivity (Wildman–Crippen MR) is 131 cm³/mol. The fourth-order valence-electron chi connectivity index (χ4n) is 4.75. The van der Waals surface area contributed by atoms with Crippen molar-refractivity contribution < 1.29 is 14.3 Å². The molecule has 2 amide bonds. The van der Waals surface area contributed by atoms with Gasteiger partial charge >= 0.3 is 6.03 Å². The van der Waals surface area contributed by atoms with Gasteiger partial charge in [0.15, 0.2) is 0 Å². The average molecular weight is 453 g/mol. The third-order valence-corrected chi connectivity index (χ3v) is 6.71. The maximum absolute atomic E-state index is 12.4. The third kappa shape index (κ3) is 5.66. The van der Waals surface area contributed by atoms with Crippen molar-refractivity contribution in [3.63, 3.8) is 0 Å². The van der Waals surface area contributed by atoms with Crippen molar-refractivity contribution in [2.75, 3.05) is 46.1 Å². The van der Waals surface area contributed by atoms with Crippen LogP contribution in [0.3, 0.4) is 0 Å². The first kappa shape index (κ1) is 23.5. The molecular weight excluding hydrogens is 416 g/mol. The predicted octanol–water partition coefficient (Wildman–Crippen LogP) is 3.28. The molecule has 0 aliphatic carbocycles. The number of rotatable bonds is 6. The number of allylic oxidation sites excluding steroid dienone is 4. The van der Waals surface area contributed by atoms with Crippen LogP contribution in [0.15, 0.2) is 48.7 Å². The lowest BCUT2D eigenvalue weighted by Crippen LogP contribution is -2.48. The lowest BCUT2D eigenvalue weighted by molar-refractivity contribution is 0.0203. The Kier molecular flexibility index (Phi) is 7.53. The summed E-state index contributed by atoms with van der Waals surface area (Å²) in [7, 11) is 0. The minimum Gasteiger partial charge on any atom is -0.487 e. The average Bonchev–Trinajstić information content (AvgIpc) is 3.19. The van der Waals surface area contributed by atoms with Crippen LogP contribution in [0.5, 0.6) is 5.75 Å². The van der Waals surface area contributed by atoms with Gasteiger partial charge in [-0.2, -0.15) is 0 Å². The van der Waals surface area contributed by atoms with E-state index in [-0.39, 0.29) is 11.6 Å². The molecule has 2 fully saturated rings. The van der Waals surface area contributed by atoms with Gasteiger partial charge in [0.25, 0.3) is 0 Å². The van der Waals surface area contributed by atoms with Crippen molar-refractivity contribution in [1.29, 1.82) is 0 Å². The Hall–Kier alpha value is -2.61. The Morgan fingerprint density at radius 2 is 1.97 bits per heavy atom. The second-order valence-electron chi connectivity index (χ2n) is 9.04. The molecule has 0 saturated carbocycles. The molecule has 1 aromatic carbocycles. The van der Waals surface area contributed by atoms with Crippen molar-refractivity contribution in [2.24, 2.45) is 5.73 Å². The zero-order valence-electron chi connectivity index (χ0n) is 19.6. The van der Waals surface area contributed by atoms with E-state index in [2.05, 4.69) is 48.0 Å². The maximum Gasteiger partial charge on any atom is 0.321 e. The Bertz CT molecular complexity index is 925. The first-order valence-electron chi connectivity index (χ1n) is 12.0. The summed E-state index contributed by atoms with van der Waals surface area (Å²) >= 11 is 0. The lowest BCUT2D eigenvalue weighted by atomic mass is 9.86. The van der Waals surface area contributed by atoms with Crippen molar-refractivity contribution in [3.05, 3.63) is 59.8 Å². The van der Waals surface area contributed by atoms with Crippen LogP contribution in [0.2, 0.25) is 0 Å². The summed E-state index contributed by atoms with van der Waals surface area (Å²) in [6.07, 6.45) is 9.97. The molecule has 7 nitrogen and oxygen atoms in total. The zero-order valence-corrected chi connectivity index (χ0v) is 19.6. The van der Waals surface area contributed by atoms with Crippen LogP contribution >= 0.6 is 0 Å². The molecule has 33 heavy (non-hydrogen) atoms. The number of nitrogens with one attached hydrogen (secondary N) is 1. The number of piperidine rings is 1. The molecule has 2 saturated heterocycles. The minimum absolute atomic E-state index is 0.0881. The quantitative estimate of drug-likeness (QED) is 0.648. The third-order valence-electron chi connectivity index (χ3n) is 6.71. The molecule has 0 atom stereocenters. The van der Waals surface area contributed by atoms with Crippen molar-refractivity contribution in [2.45, 2.75) is 38.2 Å². The van der Waals surface area contributed by atoms with Gasteiger partial charge in [-0.05, 0) is 41.3 Å². The van der Waals surface area contributed by atoms with Gasteiger partial charge in [-0.1, -0.05) is 31.7 Å². The highest BCUT2D eigenvalue weighted by Crippen LogP contribution is 2.42. The second kappa shape index (κ2) is 10.5. The topological polar surface area (TPSA) is 80.1 Å². The van der Waals surface area contributed by atoms with Crippen LogP contribution < -0.4 is 15.8 Å². The smallest absolute Gasteiger partial charge is 0.321 e. The number of carbonyl (C=O) groups is 1. The summed E-state index contributed by atoms with van der Waals surface area (Å²) in [5.41, 5.74) is 9.82. The van der Waals surface area contributed by atoms with Gasteiger partial charge < -0.3 is 25.4 Å². The number of morpholine rings is 1. The monoisotopic (exact) mass is 452 g/mol. The molecule has 178 valence electrons. The Labute approximate surface area is 196 Å². The SMILES string of the molecule is C=C(/C=C\C(=C/CC)c1ccc2c(c1)CC1(CCN(CN)CC1)O2)NC(=O)N1CCOCC1. The van der Waals surface area contributed by atoms with Crippen LogP contribution in [0.1, 0.15) is 37.3 Å². The van der Waals surface area contributed by atoms with Crippen LogP contribution in [0, 0.1) is 0 Å². The first-order chi connectivity index (χ1) is 16.0. The number of likely N-dealkylation sites (tertiary alicyclic amines) is 1. The summed E-state index contributed by atoms with van der Waals surface area (Å²) in [6, 6.07) is 6.34. The molecule has 3 heterocycles. The molecule has 1 spiro atoms. The molecule has 0 unspecified atom stereocenters. The molecule has 1 aromatic rings. The highest BCUT2D eigenvalue weighted by atomic mass is 16.5. The van der Waals surface area contributed by atoms with E-state index in [1.54, 1.807) is 4.90 Å². The number of nitrogens with zero attached hydrogens (tertiary/aromatic N) is 2. The number of benzene rings is 1. The molecule has 7 heteroatoms. The molecule has 0 radical (unpaired) electrons. The van der Waals surface area contributed by atoms with Crippen molar-refractivity contribution >= 4 is 11.6 Å². The number of urea groups is 1. The van der Waals surface area contributed by atoms with E-state index in [0.717, 1.165) is 55.7 Å². The second-order valence-corrected chi connectivity index (χ2v) is 9.04. The van der Waals surface area contributed by atoms with E-state index < -0.39 is 0 Å². The molecule has 0 aromatic heterocycles. The number of carbonyl (C=O) groups excluding carboxylic acids is 1. The summed E-state index contributed by atoms with van der Waals surface area (Å²) in [4.78, 5) is 16.4. The van der Waals surface area contributed by atoms with Crippen LogP contribution in [0.25, 0.3) is 5.57 Å². The standard InChI is InChI=1S/C26H36N4O3/c1-3-4-21(6-5-20(2)28-25(31)30-13-15-32-16-14-30)22-7-8-24-23(17-22)18-26(33-24)9-11-29(19-27)12-10-26/h4-8,17H,2-3,9-16,18-19,27H2,1H3,(H,28,31)/b6-5-,21-4+. The number of nitrogens with two attached hydrogens (primary N) is 1.